The van der Waals surface area contributed by atoms with Crippen LogP contribution in [0.1, 0.15) is 40.0 Å². The lowest BCUT2D eigenvalue weighted by atomic mass is 9.83. The number of carboxylic acid groups (broad SMARTS) is 1. The highest BCUT2D eigenvalue weighted by atomic mass is 32.2. The van der Waals surface area contributed by atoms with Gasteiger partial charge in [-0.05, 0) is 73.1 Å². The summed E-state index contributed by atoms with van der Waals surface area (Å²) in [6.45, 7) is 0. The summed E-state index contributed by atoms with van der Waals surface area (Å²) in [5.41, 5.74) is -6.26. The average molecular weight is 651 g/mol. The molecule has 15 heteroatoms. The molecule has 4 unspecified atom stereocenters. The van der Waals surface area contributed by atoms with E-state index in [2.05, 4.69) is 10.6 Å². The number of methoxy groups -OCH3 is 1. The van der Waals surface area contributed by atoms with Crippen LogP contribution in [0, 0.1) is 23.6 Å². The van der Waals surface area contributed by atoms with Crippen LogP contribution in [-0.4, -0.2) is 55.1 Å². The van der Waals surface area contributed by atoms with Gasteiger partial charge in [-0.15, -0.1) is 0 Å². The van der Waals surface area contributed by atoms with Crippen molar-refractivity contribution in [3.63, 3.8) is 0 Å². The number of halogens is 4. The number of hydrogen-bond donors (Lipinski definition) is 4. The molecule has 2 fully saturated rings. The fourth-order valence-corrected chi connectivity index (χ4v) is 7.02. The molecular formula is C30H26F4N2O8S. The van der Waals surface area contributed by atoms with Crippen LogP contribution < -0.4 is 15.4 Å². The van der Waals surface area contributed by atoms with Crippen molar-refractivity contribution in [2.75, 3.05) is 12.4 Å². The Morgan fingerprint density at radius 3 is 2.33 bits per heavy atom. The van der Waals surface area contributed by atoms with E-state index in [1.165, 1.54) is 25.3 Å². The molecule has 0 aromatic heterocycles. The number of amides is 2. The fraction of sp³-hybridized carbons (Fsp3) is 0.300. The lowest BCUT2D eigenvalue weighted by Crippen LogP contribution is -2.48. The molecule has 0 heterocycles. The van der Waals surface area contributed by atoms with Crippen molar-refractivity contribution in [3.05, 3.63) is 71.5 Å². The maximum absolute atomic E-state index is 15.1. The number of phenols is 1. The van der Waals surface area contributed by atoms with Crippen molar-refractivity contribution < 1.29 is 55.3 Å². The predicted molar refractivity (Wildman–Crippen MR) is 151 cm³/mol. The summed E-state index contributed by atoms with van der Waals surface area (Å²) in [5, 5.41) is 24.6. The van der Waals surface area contributed by atoms with Gasteiger partial charge in [-0.25, -0.2) is 17.6 Å². The number of benzene rings is 3. The summed E-state index contributed by atoms with van der Waals surface area (Å²) in [6, 6.07) is 8.62. The Kier molecular flexibility index (Phi) is 8.25. The van der Waals surface area contributed by atoms with Gasteiger partial charge in [0.05, 0.1) is 23.5 Å². The number of alkyl halides is 3. The molecule has 3 aromatic rings. The number of fused-ring (bicyclic) bond motifs is 2. The lowest BCUT2D eigenvalue weighted by Gasteiger charge is -2.31. The molecule has 0 saturated heterocycles. The summed E-state index contributed by atoms with van der Waals surface area (Å²) < 4.78 is 83.2. The molecule has 4 atom stereocenters. The van der Waals surface area contributed by atoms with Gasteiger partial charge < -0.3 is 25.6 Å². The Balaban J connectivity index is 1.41. The predicted octanol–water partition coefficient (Wildman–Crippen LogP) is 4.98. The van der Waals surface area contributed by atoms with Crippen LogP contribution in [0.3, 0.4) is 0 Å². The number of aromatic carboxylic acids is 1. The SMILES string of the molecule is COc1cc(F)c(-c2ccc(C(=O)O)c(O)c2)cc1C(=O)NC1C2CCC(C2)C1C(=O)Nc1cccc(S(=O)(=O)C(F)(F)F)c1. The minimum Gasteiger partial charge on any atom is -0.507 e. The number of rotatable bonds is 8. The van der Waals surface area contributed by atoms with E-state index < -0.39 is 67.1 Å². The highest BCUT2D eigenvalue weighted by Crippen LogP contribution is 2.49. The average Bonchev–Trinajstić information content (AvgIpc) is 3.58. The summed E-state index contributed by atoms with van der Waals surface area (Å²) >= 11 is 0. The first-order valence-electron chi connectivity index (χ1n) is 13.6. The van der Waals surface area contributed by atoms with Crippen LogP contribution in [0.4, 0.5) is 23.2 Å². The van der Waals surface area contributed by atoms with Crippen molar-refractivity contribution in [1.82, 2.24) is 5.32 Å². The Morgan fingerprint density at radius 1 is 0.978 bits per heavy atom. The van der Waals surface area contributed by atoms with Crippen LogP contribution >= 0.6 is 0 Å². The van der Waals surface area contributed by atoms with Crippen LogP contribution in [0.2, 0.25) is 0 Å². The monoisotopic (exact) mass is 650 g/mol. The third-order valence-electron chi connectivity index (χ3n) is 8.31. The summed E-state index contributed by atoms with van der Waals surface area (Å²) in [4.78, 5) is 37.2. The second kappa shape index (κ2) is 11.7. The minimum atomic E-state index is -5.65. The van der Waals surface area contributed by atoms with Crippen LogP contribution in [0.15, 0.2) is 59.5 Å². The van der Waals surface area contributed by atoms with Gasteiger partial charge >= 0.3 is 11.5 Å². The van der Waals surface area contributed by atoms with E-state index in [4.69, 9.17) is 9.84 Å². The highest BCUT2D eigenvalue weighted by molar-refractivity contribution is 7.92. The molecule has 5 rings (SSSR count). The van der Waals surface area contributed by atoms with Crippen molar-refractivity contribution >= 4 is 33.3 Å². The molecule has 2 saturated carbocycles. The van der Waals surface area contributed by atoms with Gasteiger partial charge in [-0.2, -0.15) is 13.2 Å². The maximum Gasteiger partial charge on any atom is 0.501 e. The number of aromatic hydroxyl groups is 1. The molecule has 0 spiro atoms. The summed E-state index contributed by atoms with van der Waals surface area (Å²) in [6.07, 6.45) is 1.95. The van der Waals surface area contributed by atoms with E-state index in [1.807, 2.05) is 0 Å². The molecule has 2 amide bonds. The van der Waals surface area contributed by atoms with Crippen molar-refractivity contribution in [2.24, 2.45) is 17.8 Å². The third kappa shape index (κ3) is 5.91. The number of hydrogen-bond acceptors (Lipinski definition) is 7. The van der Waals surface area contributed by atoms with E-state index in [-0.39, 0.29) is 40.0 Å². The first kappa shape index (κ1) is 31.8. The fourth-order valence-electron chi connectivity index (χ4n) is 6.21. The number of carboxylic acids is 1. The smallest absolute Gasteiger partial charge is 0.501 e. The van der Waals surface area contributed by atoms with E-state index in [0.29, 0.717) is 25.3 Å². The molecule has 10 nitrogen and oxygen atoms in total. The number of carbonyl (C=O) groups excluding carboxylic acids is 2. The molecule has 45 heavy (non-hydrogen) atoms. The largest absolute Gasteiger partial charge is 0.507 e. The third-order valence-corrected chi connectivity index (χ3v) is 9.79. The topological polar surface area (TPSA) is 159 Å². The van der Waals surface area contributed by atoms with Gasteiger partial charge in [0.25, 0.3) is 15.7 Å². The number of ether oxygens (including phenoxy) is 1. The van der Waals surface area contributed by atoms with E-state index in [1.54, 1.807) is 0 Å². The Labute approximate surface area is 253 Å². The standard InChI is InChI=1S/C30H26F4N2O8S/c1-44-24-13-22(31)20(14-7-8-19(29(40)41)23(37)10-14)12-21(24)27(38)36-26-16-6-5-15(9-16)25(26)28(39)35-17-3-2-4-18(11-17)45(42,43)30(32,33)34/h2-4,7-8,10-13,15-16,25-26,37H,5-6,9H2,1H3,(H,35,39)(H,36,38)(H,40,41). The van der Waals surface area contributed by atoms with Gasteiger partial charge in [0, 0.05) is 23.4 Å². The van der Waals surface area contributed by atoms with Gasteiger partial charge in [0.15, 0.2) is 0 Å². The van der Waals surface area contributed by atoms with Gasteiger partial charge in [0.2, 0.25) is 5.91 Å². The van der Waals surface area contributed by atoms with Gasteiger partial charge in [-0.1, -0.05) is 12.1 Å². The van der Waals surface area contributed by atoms with Crippen LogP contribution in [0.25, 0.3) is 11.1 Å². The van der Waals surface area contributed by atoms with Gasteiger partial charge in [0.1, 0.15) is 22.9 Å². The van der Waals surface area contributed by atoms with Crippen LogP contribution in [-0.2, 0) is 14.6 Å². The Bertz CT molecular complexity index is 1810. The summed E-state index contributed by atoms with van der Waals surface area (Å²) in [5.74, 6) is -5.37. The second-order valence-electron chi connectivity index (χ2n) is 10.9. The van der Waals surface area contributed by atoms with E-state index >= 15 is 4.39 Å². The lowest BCUT2D eigenvalue weighted by molar-refractivity contribution is -0.122. The van der Waals surface area contributed by atoms with E-state index in [9.17, 15) is 41.1 Å². The molecule has 2 aliphatic rings. The zero-order chi connectivity index (χ0) is 32.8. The number of carbonyl (C=O) groups is 3. The Hall–Kier alpha value is -4.66. The number of anilines is 1. The minimum absolute atomic E-state index is 0.0821. The molecule has 2 aliphatic carbocycles. The quantitative estimate of drug-likeness (QED) is 0.249. The van der Waals surface area contributed by atoms with E-state index in [0.717, 1.165) is 30.3 Å². The molecule has 2 bridgehead atoms. The van der Waals surface area contributed by atoms with Crippen molar-refractivity contribution in [2.45, 2.75) is 35.7 Å². The number of sulfone groups is 1. The normalized spacial score (nSPS) is 20.9. The molecule has 238 valence electrons. The zero-order valence-corrected chi connectivity index (χ0v) is 24.2. The van der Waals surface area contributed by atoms with Crippen molar-refractivity contribution in [1.29, 1.82) is 0 Å². The molecule has 4 N–H and O–H groups in total. The second-order valence-corrected chi connectivity index (χ2v) is 12.8. The molecule has 0 aliphatic heterocycles. The highest BCUT2D eigenvalue weighted by Gasteiger charge is 2.52. The molecular weight excluding hydrogens is 624 g/mol. The van der Waals surface area contributed by atoms with Crippen LogP contribution in [0.5, 0.6) is 11.5 Å². The molecule has 0 radical (unpaired) electrons. The van der Waals surface area contributed by atoms with Gasteiger partial charge in [-0.3, -0.25) is 9.59 Å². The number of nitrogens with one attached hydrogen (secondary N) is 2. The zero-order valence-electron chi connectivity index (χ0n) is 23.4. The maximum atomic E-state index is 15.1. The summed E-state index contributed by atoms with van der Waals surface area (Å²) in [7, 11) is -4.43. The molecule has 3 aromatic carbocycles. The first-order chi connectivity index (χ1) is 21.1. The van der Waals surface area contributed by atoms with Crippen molar-refractivity contribution in [3.8, 4) is 22.6 Å². The Morgan fingerprint density at radius 2 is 1.69 bits per heavy atom. The first-order valence-corrected chi connectivity index (χ1v) is 15.1.